The first-order valence-corrected chi connectivity index (χ1v) is 8.16. The summed E-state index contributed by atoms with van der Waals surface area (Å²) in [5.41, 5.74) is 7.13. The maximum absolute atomic E-state index is 12.5. The normalized spacial score (nSPS) is 17.1. The molecule has 1 amide bonds. The van der Waals surface area contributed by atoms with E-state index >= 15 is 0 Å². The lowest BCUT2D eigenvalue weighted by Gasteiger charge is -2.26. The number of nitrogens with two attached hydrogens (primary N) is 1. The fourth-order valence-electron chi connectivity index (χ4n) is 2.91. The van der Waals surface area contributed by atoms with E-state index in [4.69, 9.17) is 5.73 Å². The van der Waals surface area contributed by atoms with Crippen LogP contribution in [-0.2, 0) is 6.42 Å². The smallest absolute Gasteiger partial charge is 0.276 e. The number of aromatic nitrogens is 3. The van der Waals surface area contributed by atoms with Crippen molar-refractivity contribution in [3.63, 3.8) is 0 Å². The van der Waals surface area contributed by atoms with Gasteiger partial charge in [-0.1, -0.05) is 0 Å². The van der Waals surface area contributed by atoms with Crippen LogP contribution in [0.25, 0.3) is 0 Å². The highest BCUT2D eigenvalue weighted by Gasteiger charge is 2.27. The Morgan fingerprint density at radius 3 is 3.00 bits per heavy atom. The lowest BCUT2D eigenvalue weighted by Crippen LogP contribution is -2.33. The van der Waals surface area contributed by atoms with Gasteiger partial charge in [-0.3, -0.25) is 4.79 Å². The first-order valence-electron chi connectivity index (χ1n) is 7.34. The molecule has 3 rings (SSSR count). The third-order valence-corrected chi connectivity index (χ3v) is 4.99. The zero-order valence-corrected chi connectivity index (χ0v) is 13.6. The summed E-state index contributed by atoms with van der Waals surface area (Å²) in [4.78, 5) is 28.2. The molecular weight excluding hydrogens is 298 g/mol. The Hall–Kier alpha value is -2.02. The lowest BCUT2D eigenvalue weighted by atomic mass is 9.90. The van der Waals surface area contributed by atoms with Crippen LogP contribution in [0.5, 0.6) is 0 Å². The standard InChI is InChI=1S/C15H19N5OS/c1-9-19-12-10(4-3-5-11(12)22-9)8-20(2)15(21)13-14(16)18-7-6-17-13/h6-7,10H,3-5,8H2,1-2H3,(H2,16,18)/t10-/m0/s1. The van der Waals surface area contributed by atoms with Crippen LogP contribution in [0.2, 0.25) is 0 Å². The molecule has 22 heavy (non-hydrogen) atoms. The van der Waals surface area contributed by atoms with Crippen molar-refractivity contribution in [1.29, 1.82) is 0 Å². The van der Waals surface area contributed by atoms with Crippen LogP contribution in [0.1, 0.15) is 44.8 Å². The first-order chi connectivity index (χ1) is 10.6. The average Bonchev–Trinajstić information content (AvgIpc) is 2.88. The second-order valence-corrected chi connectivity index (χ2v) is 6.89. The van der Waals surface area contributed by atoms with Crippen LogP contribution in [0.4, 0.5) is 5.82 Å². The number of anilines is 1. The number of carbonyl (C=O) groups is 1. The molecule has 0 aromatic carbocycles. The zero-order valence-electron chi connectivity index (χ0n) is 12.7. The highest BCUT2D eigenvalue weighted by Crippen LogP contribution is 2.35. The maximum atomic E-state index is 12.5. The quantitative estimate of drug-likeness (QED) is 0.936. The van der Waals surface area contributed by atoms with Gasteiger partial charge >= 0.3 is 0 Å². The van der Waals surface area contributed by atoms with Gasteiger partial charge in [0.25, 0.3) is 5.91 Å². The molecule has 2 N–H and O–H groups in total. The van der Waals surface area contributed by atoms with Gasteiger partial charge in [0.2, 0.25) is 0 Å². The van der Waals surface area contributed by atoms with Gasteiger partial charge in [0.05, 0.1) is 10.7 Å². The lowest BCUT2D eigenvalue weighted by molar-refractivity contribution is 0.0778. The molecule has 6 nitrogen and oxygen atoms in total. The maximum Gasteiger partial charge on any atom is 0.276 e. The molecule has 0 fully saturated rings. The number of nitrogen functional groups attached to an aromatic ring is 1. The van der Waals surface area contributed by atoms with Crippen LogP contribution in [0.3, 0.4) is 0 Å². The number of nitrogens with zero attached hydrogens (tertiary/aromatic N) is 4. The van der Waals surface area contributed by atoms with E-state index in [9.17, 15) is 4.79 Å². The summed E-state index contributed by atoms with van der Waals surface area (Å²) in [5.74, 6) is 0.276. The number of hydrogen-bond acceptors (Lipinski definition) is 6. The molecule has 0 saturated heterocycles. The van der Waals surface area contributed by atoms with E-state index in [1.54, 1.807) is 23.3 Å². The van der Waals surface area contributed by atoms with Gasteiger partial charge < -0.3 is 10.6 Å². The minimum atomic E-state index is -0.190. The molecule has 0 spiro atoms. The van der Waals surface area contributed by atoms with Gasteiger partial charge in [-0.15, -0.1) is 11.3 Å². The van der Waals surface area contributed by atoms with Gasteiger partial charge in [-0.25, -0.2) is 15.0 Å². The van der Waals surface area contributed by atoms with E-state index in [1.165, 1.54) is 23.0 Å². The predicted octanol–water partition coefficient (Wildman–Crippen LogP) is 2.02. The summed E-state index contributed by atoms with van der Waals surface area (Å²) in [6.07, 6.45) is 6.28. The van der Waals surface area contributed by atoms with Gasteiger partial charge in [-0.05, 0) is 26.2 Å². The second kappa shape index (κ2) is 6.00. The minimum Gasteiger partial charge on any atom is -0.382 e. The summed E-state index contributed by atoms with van der Waals surface area (Å²) < 4.78 is 0. The average molecular weight is 317 g/mol. The van der Waals surface area contributed by atoms with E-state index < -0.39 is 0 Å². The molecule has 1 aliphatic carbocycles. The number of fused-ring (bicyclic) bond motifs is 1. The fraction of sp³-hybridized carbons (Fsp3) is 0.467. The predicted molar refractivity (Wildman–Crippen MR) is 85.9 cm³/mol. The summed E-state index contributed by atoms with van der Waals surface area (Å²) in [5, 5.41) is 1.10. The Morgan fingerprint density at radius 1 is 1.45 bits per heavy atom. The van der Waals surface area contributed by atoms with E-state index in [0.29, 0.717) is 12.5 Å². The van der Waals surface area contributed by atoms with Crippen molar-refractivity contribution in [3.05, 3.63) is 33.7 Å². The van der Waals surface area contributed by atoms with Crippen molar-refractivity contribution in [3.8, 4) is 0 Å². The first kappa shape index (κ1) is 14.9. The van der Waals surface area contributed by atoms with Crippen molar-refractivity contribution in [2.45, 2.75) is 32.1 Å². The molecule has 116 valence electrons. The summed E-state index contributed by atoms with van der Waals surface area (Å²) >= 11 is 1.77. The Bertz CT molecular complexity index is 699. The van der Waals surface area contributed by atoms with E-state index in [0.717, 1.165) is 24.3 Å². The van der Waals surface area contributed by atoms with Crippen LogP contribution in [0.15, 0.2) is 12.4 Å². The molecule has 0 saturated carbocycles. The SMILES string of the molecule is Cc1nc2c(s1)CCC[C@H]2CN(C)C(=O)c1nccnc1N. The van der Waals surface area contributed by atoms with Crippen LogP contribution >= 0.6 is 11.3 Å². The fourth-order valence-corrected chi connectivity index (χ4v) is 3.98. The number of amides is 1. The molecule has 1 aliphatic rings. The van der Waals surface area contributed by atoms with Crippen LogP contribution in [0, 0.1) is 6.92 Å². The Labute approximate surface area is 133 Å². The molecule has 0 aliphatic heterocycles. The molecule has 2 aromatic heterocycles. The third-order valence-electron chi connectivity index (χ3n) is 3.95. The van der Waals surface area contributed by atoms with E-state index in [2.05, 4.69) is 15.0 Å². The van der Waals surface area contributed by atoms with Crippen molar-refractivity contribution in [2.24, 2.45) is 0 Å². The number of hydrogen-bond donors (Lipinski definition) is 1. The summed E-state index contributed by atoms with van der Waals surface area (Å²) in [6, 6.07) is 0. The van der Waals surface area contributed by atoms with E-state index in [1.807, 2.05) is 6.92 Å². The molecule has 0 bridgehead atoms. The number of likely N-dealkylation sites (N-methyl/N-ethyl adjacent to an activating group) is 1. The van der Waals surface area contributed by atoms with Gasteiger partial charge in [0.1, 0.15) is 0 Å². The molecular formula is C15H19N5OS. The Kier molecular flexibility index (Phi) is 4.06. The second-order valence-electron chi connectivity index (χ2n) is 5.61. The molecule has 1 atom stereocenters. The molecule has 2 heterocycles. The van der Waals surface area contributed by atoms with E-state index in [-0.39, 0.29) is 17.4 Å². The molecule has 7 heteroatoms. The number of rotatable bonds is 3. The minimum absolute atomic E-state index is 0.174. The van der Waals surface area contributed by atoms with Gasteiger partial charge in [0, 0.05) is 36.8 Å². The van der Waals surface area contributed by atoms with Crippen molar-refractivity contribution in [2.75, 3.05) is 19.3 Å². The number of carbonyl (C=O) groups excluding carboxylic acids is 1. The van der Waals surface area contributed by atoms with Crippen LogP contribution in [-0.4, -0.2) is 39.4 Å². The Balaban J connectivity index is 1.76. The summed E-state index contributed by atoms with van der Waals surface area (Å²) in [7, 11) is 1.78. The molecule has 0 unspecified atom stereocenters. The highest BCUT2D eigenvalue weighted by atomic mass is 32.1. The van der Waals surface area contributed by atoms with Crippen molar-refractivity contribution in [1.82, 2.24) is 19.9 Å². The molecule has 2 aromatic rings. The van der Waals surface area contributed by atoms with Crippen LogP contribution < -0.4 is 5.73 Å². The largest absolute Gasteiger partial charge is 0.382 e. The Morgan fingerprint density at radius 2 is 2.23 bits per heavy atom. The van der Waals surface area contributed by atoms with Gasteiger partial charge in [0.15, 0.2) is 11.5 Å². The molecule has 0 radical (unpaired) electrons. The van der Waals surface area contributed by atoms with Gasteiger partial charge in [-0.2, -0.15) is 0 Å². The number of thiazole rings is 1. The third kappa shape index (κ3) is 2.81. The topological polar surface area (TPSA) is 85.0 Å². The monoisotopic (exact) mass is 317 g/mol. The zero-order chi connectivity index (χ0) is 15.7. The van der Waals surface area contributed by atoms with Crippen molar-refractivity contribution < 1.29 is 4.79 Å². The van der Waals surface area contributed by atoms with Crippen molar-refractivity contribution >= 4 is 23.1 Å². The summed E-state index contributed by atoms with van der Waals surface area (Å²) in [6.45, 7) is 2.67. The number of aryl methyl sites for hydroxylation is 2. The highest BCUT2D eigenvalue weighted by molar-refractivity contribution is 7.11.